The molecule has 2 rings (SSSR count). The fraction of sp³-hybridized carbons (Fsp3) is 0.267. The highest BCUT2D eigenvalue weighted by molar-refractivity contribution is 14.1. The molecule has 1 aromatic carbocycles. The van der Waals surface area contributed by atoms with Gasteiger partial charge >= 0.3 is 0 Å². The van der Waals surface area contributed by atoms with Crippen molar-refractivity contribution in [3.63, 3.8) is 0 Å². The van der Waals surface area contributed by atoms with E-state index >= 15 is 0 Å². The third-order valence-electron chi connectivity index (χ3n) is 3.10. The molecule has 2 N–H and O–H groups in total. The number of aromatic hydroxyl groups is 1. The molecule has 2 aromatic rings. The van der Waals surface area contributed by atoms with Crippen molar-refractivity contribution >= 4 is 39.8 Å². The number of aryl methyl sites for hydroxylation is 2. The summed E-state index contributed by atoms with van der Waals surface area (Å²) in [5.74, 6) is -0.245. The summed E-state index contributed by atoms with van der Waals surface area (Å²) in [7, 11) is 0. The largest absolute Gasteiger partial charge is 0.507 e. The van der Waals surface area contributed by atoms with E-state index in [0.29, 0.717) is 5.56 Å². The van der Waals surface area contributed by atoms with Crippen molar-refractivity contribution in [3.8, 4) is 5.75 Å². The van der Waals surface area contributed by atoms with Crippen LogP contribution in [0.5, 0.6) is 5.75 Å². The highest BCUT2D eigenvalue weighted by atomic mass is 127. The Bertz CT molecular complexity index is 651. The monoisotopic (exact) mass is 401 g/mol. The average Bonchev–Trinajstić information content (AvgIpc) is 2.71. The van der Waals surface area contributed by atoms with E-state index in [0.717, 1.165) is 9.13 Å². The van der Waals surface area contributed by atoms with Gasteiger partial charge in [0.15, 0.2) is 0 Å². The number of thiophene rings is 1. The lowest BCUT2D eigenvalue weighted by Gasteiger charge is -2.14. The molecule has 1 atom stereocenters. The van der Waals surface area contributed by atoms with E-state index in [4.69, 9.17) is 0 Å². The molecule has 0 aliphatic carbocycles. The van der Waals surface area contributed by atoms with Gasteiger partial charge in [0.1, 0.15) is 5.75 Å². The maximum absolute atomic E-state index is 12.2. The number of benzene rings is 1. The predicted molar refractivity (Wildman–Crippen MR) is 90.5 cm³/mol. The van der Waals surface area contributed by atoms with Crippen LogP contribution in [-0.4, -0.2) is 11.0 Å². The van der Waals surface area contributed by atoms with Crippen LogP contribution in [0.1, 0.15) is 38.6 Å². The fourth-order valence-electron chi connectivity index (χ4n) is 2.12. The van der Waals surface area contributed by atoms with Crippen LogP contribution in [0.3, 0.4) is 0 Å². The molecule has 5 heteroatoms. The molecule has 0 fully saturated rings. The van der Waals surface area contributed by atoms with Crippen molar-refractivity contribution < 1.29 is 9.90 Å². The number of phenolic OH excluding ortho intramolecular Hbond substituents is 1. The van der Waals surface area contributed by atoms with Crippen LogP contribution in [0.2, 0.25) is 0 Å². The zero-order chi connectivity index (χ0) is 14.9. The second-order valence-electron chi connectivity index (χ2n) is 4.73. The second-order valence-corrected chi connectivity index (χ2v) is 7.43. The molecular weight excluding hydrogens is 385 g/mol. The van der Waals surface area contributed by atoms with Crippen LogP contribution in [-0.2, 0) is 0 Å². The van der Waals surface area contributed by atoms with E-state index in [1.807, 2.05) is 6.92 Å². The van der Waals surface area contributed by atoms with Gasteiger partial charge in [0.2, 0.25) is 0 Å². The molecule has 0 aliphatic heterocycles. The molecule has 1 heterocycles. The summed E-state index contributed by atoms with van der Waals surface area (Å²) < 4.78 is 0.917. The summed E-state index contributed by atoms with van der Waals surface area (Å²) in [6, 6.07) is 7.01. The van der Waals surface area contributed by atoms with Crippen LogP contribution in [0.25, 0.3) is 0 Å². The minimum Gasteiger partial charge on any atom is -0.507 e. The number of hydrogen-bond acceptors (Lipinski definition) is 3. The van der Waals surface area contributed by atoms with E-state index in [-0.39, 0.29) is 17.7 Å². The molecule has 0 saturated carbocycles. The van der Waals surface area contributed by atoms with Crippen molar-refractivity contribution in [2.75, 3.05) is 0 Å². The van der Waals surface area contributed by atoms with Gasteiger partial charge in [0.05, 0.1) is 11.6 Å². The third kappa shape index (κ3) is 3.32. The Hall–Kier alpha value is -1.08. The molecule has 0 saturated heterocycles. The Kier molecular flexibility index (Phi) is 4.70. The van der Waals surface area contributed by atoms with E-state index in [2.05, 4.69) is 47.8 Å². The number of carbonyl (C=O) groups excluding carboxylic acids is 1. The Morgan fingerprint density at radius 1 is 1.35 bits per heavy atom. The molecule has 0 bridgehead atoms. The Labute approximate surface area is 136 Å². The highest BCUT2D eigenvalue weighted by Crippen LogP contribution is 2.27. The number of halogens is 1. The van der Waals surface area contributed by atoms with Crippen molar-refractivity contribution in [3.05, 3.63) is 48.7 Å². The van der Waals surface area contributed by atoms with Gasteiger partial charge in [-0.2, -0.15) is 0 Å². The molecule has 0 radical (unpaired) electrons. The molecular formula is C15H16INO2S. The van der Waals surface area contributed by atoms with E-state index < -0.39 is 0 Å². The van der Waals surface area contributed by atoms with Gasteiger partial charge in [0, 0.05) is 13.3 Å². The Morgan fingerprint density at radius 2 is 2.05 bits per heavy atom. The highest BCUT2D eigenvalue weighted by Gasteiger charge is 2.17. The molecule has 1 amide bonds. The maximum Gasteiger partial charge on any atom is 0.255 e. The van der Waals surface area contributed by atoms with Gasteiger partial charge in [-0.05, 0) is 73.2 Å². The molecule has 0 aliphatic rings. The van der Waals surface area contributed by atoms with Crippen LogP contribution < -0.4 is 5.32 Å². The van der Waals surface area contributed by atoms with Gasteiger partial charge in [-0.1, -0.05) is 0 Å². The van der Waals surface area contributed by atoms with Crippen LogP contribution in [0.4, 0.5) is 0 Å². The Balaban J connectivity index is 2.19. The van der Waals surface area contributed by atoms with Crippen molar-refractivity contribution in [1.82, 2.24) is 5.32 Å². The van der Waals surface area contributed by atoms with Crippen LogP contribution >= 0.6 is 33.9 Å². The Morgan fingerprint density at radius 3 is 2.65 bits per heavy atom. The lowest BCUT2D eigenvalue weighted by atomic mass is 10.1. The van der Waals surface area contributed by atoms with Gasteiger partial charge < -0.3 is 10.4 Å². The summed E-state index contributed by atoms with van der Waals surface area (Å²) in [4.78, 5) is 14.7. The summed E-state index contributed by atoms with van der Waals surface area (Å²) in [6.07, 6.45) is 0. The maximum atomic E-state index is 12.2. The van der Waals surface area contributed by atoms with Crippen LogP contribution in [0, 0.1) is 17.4 Å². The molecule has 0 spiro atoms. The van der Waals surface area contributed by atoms with Crippen molar-refractivity contribution in [1.29, 1.82) is 0 Å². The first-order valence-corrected chi connectivity index (χ1v) is 8.14. The summed E-state index contributed by atoms with van der Waals surface area (Å²) >= 11 is 3.84. The summed E-state index contributed by atoms with van der Waals surface area (Å²) in [5, 5.41) is 12.7. The molecule has 1 aromatic heterocycles. The average molecular weight is 401 g/mol. The number of carbonyl (C=O) groups is 1. The van der Waals surface area contributed by atoms with Crippen molar-refractivity contribution in [2.24, 2.45) is 0 Å². The predicted octanol–water partition coefficient (Wildman–Crippen LogP) is 4.17. The van der Waals surface area contributed by atoms with E-state index in [9.17, 15) is 9.90 Å². The summed E-state index contributed by atoms with van der Waals surface area (Å²) in [6.45, 7) is 6.07. The van der Waals surface area contributed by atoms with E-state index in [1.54, 1.807) is 29.5 Å². The number of rotatable bonds is 3. The van der Waals surface area contributed by atoms with Crippen molar-refractivity contribution in [2.45, 2.75) is 26.8 Å². The number of amides is 1. The lowest BCUT2D eigenvalue weighted by molar-refractivity contribution is 0.0937. The van der Waals surface area contributed by atoms with Crippen LogP contribution in [0.15, 0.2) is 24.3 Å². The molecule has 1 unspecified atom stereocenters. The van der Waals surface area contributed by atoms with Gasteiger partial charge in [-0.3, -0.25) is 4.79 Å². The lowest BCUT2D eigenvalue weighted by Crippen LogP contribution is -2.26. The smallest absolute Gasteiger partial charge is 0.255 e. The quantitative estimate of drug-likeness (QED) is 0.759. The summed E-state index contributed by atoms with van der Waals surface area (Å²) in [5.41, 5.74) is 1.44. The van der Waals surface area contributed by atoms with Gasteiger partial charge in [0.25, 0.3) is 5.91 Å². The first kappa shape index (κ1) is 15.3. The molecule has 3 nitrogen and oxygen atoms in total. The van der Waals surface area contributed by atoms with Gasteiger partial charge in [-0.15, -0.1) is 11.3 Å². The number of phenols is 1. The fourth-order valence-corrected chi connectivity index (χ4v) is 3.64. The third-order valence-corrected chi connectivity index (χ3v) is 4.75. The van der Waals surface area contributed by atoms with E-state index in [1.165, 1.54) is 9.75 Å². The second kappa shape index (κ2) is 6.13. The normalized spacial score (nSPS) is 12.2. The number of hydrogen-bond donors (Lipinski definition) is 2. The number of nitrogens with one attached hydrogen (secondary N) is 1. The minimum atomic E-state index is -0.253. The molecule has 20 heavy (non-hydrogen) atoms. The zero-order valence-corrected chi connectivity index (χ0v) is 14.5. The minimum absolute atomic E-state index is 0.00772. The first-order chi connectivity index (χ1) is 9.38. The first-order valence-electron chi connectivity index (χ1n) is 6.25. The standard InChI is InChI=1S/C15H16INO2S/c1-8-6-12(10(3)20-8)9(2)17-15(19)13-7-11(16)4-5-14(13)18/h4-7,9,18H,1-3H3,(H,17,19). The topological polar surface area (TPSA) is 49.3 Å². The SMILES string of the molecule is Cc1cc(C(C)NC(=O)c2cc(I)ccc2O)c(C)s1. The molecule has 106 valence electrons. The zero-order valence-electron chi connectivity index (χ0n) is 11.5. The van der Waals surface area contributed by atoms with Gasteiger partial charge in [-0.25, -0.2) is 0 Å².